The molecule has 0 atom stereocenters. The minimum absolute atomic E-state index is 0.160. The van der Waals surface area contributed by atoms with E-state index in [1.54, 1.807) is 36.4 Å². The molecule has 3 aromatic rings. The van der Waals surface area contributed by atoms with Crippen molar-refractivity contribution < 1.29 is 17.9 Å². The first-order chi connectivity index (χ1) is 13.5. The molecule has 28 heavy (non-hydrogen) atoms. The van der Waals surface area contributed by atoms with Gasteiger partial charge in [-0.05, 0) is 18.2 Å². The maximum absolute atomic E-state index is 13.4. The molecule has 0 unspecified atom stereocenters. The first kappa shape index (κ1) is 19.1. The van der Waals surface area contributed by atoms with E-state index in [1.165, 1.54) is 10.2 Å². The van der Waals surface area contributed by atoms with Gasteiger partial charge in [0.1, 0.15) is 0 Å². The maximum atomic E-state index is 13.4. The number of halogens is 1. The van der Waals surface area contributed by atoms with Gasteiger partial charge in [0.2, 0.25) is 0 Å². The Bertz CT molecular complexity index is 1120. The SMILES string of the molecule is O=Cc1cnc2c(cc(CN3CCOCC3)n2S(=O)(=O)c2ccccc2)c1Cl. The lowest BCUT2D eigenvalue weighted by Gasteiger charge is -2.26. The van der Waals surface area contributed by atoms with Crippen LogP contribution in [-0.4, -0.2) is 54.9 Å². The summed E-state index contributed by atoms with van der Waals surface area (Å²) in [6.07, 6.45) is 1.91. The van der Waals surface area contributed by atoms with Gasteiger partial charge in [0.05, 0.1) is 34.4 Å². The molecule has 0 aliphatic carbocycles. The van der Waals surface area contributed by atoms with Crippen LogP contribution in [0.15, 0.2) is 47.5 Å². The van der Waals surface area contributed by atoms with Crippen molar-refractivity contribution in [3.8, 4) is 0 Å². The molecule has 0 spiro atoms. The smallest absolute Gasteiger partial charge is 0.269 e. The van der Waals surface area contributed by atoms with Gasteiger partial charge in [-0.15, -0.1) is 0 Å². The first-order valence-electron chi connectivity index (χ1n) is 8.77. The van der Waals surface area contributed by atoms with E-state index < -0.39 is 10.0 Å². The second-order valence-corrected chi connectivity index (χ2v) is 8.65. The molecule has 9 heteroatoms. The largest absolute Gasteiger partial charge is 0.379 e. The Kier molecular flexibility index (Phi) is 5.20. The van der Waals surface area contributed by atoms with Crippen LogP contribution in [-0.2, 0) is 21.3 Å². The van der Waals surface area contributed by atoms with Crippen molar-refractivity contribution in [2.75, 3.05) is 26.3 Å². The number of morpholine rings is 1. The van der Waals surface area contributed by atoms with Crippen molar-refractivity contribution in [1.29, 1.82) is 0 Å². The van der Waals surface area contributed by atoms with E-state index in [0.717, 1.165) is 0 Å². The van der Waals surface area contributed by atoms with Gasteiger partial charge < -0.3 is 4.74 Å². The van der Waals surface area contributed by atoms with E-state index >= 15 is 0 Å². The highest BCUT2D eigenvalue weighted by atomic mass is 35.5. The number of carbonyl (C=O) groups is 1. The molecule has 1 aliphatic heterocycles. The Morgan fingerprint density at radius 3 is 2.57 bits per heavy atom. The minimum atomic E-state index is -3.89. The molecule has 1 aliphatic rings. The van der Waals surface area contributed by atoms with Crippen molar-refractivity contribution in [1.82, 2.24) is 13.9 Å². The summed E-state index contributed by atoms with van der Waals surface area (Å²) < 4.78 is 33.4. The Morgan fingerprint density at radius 2 is 1.89 bits per heavy atom. The normalized spacial score (nSPS) is 15.8. The highest BCUT2D eigenvalue weighted by molar-refractivity contribution is 7.90. The Morgan fingerprint density at radius 1 is 1.18 bits per heavy atom. The fourth-order valence-corrected chi connectivity index (χ4v) is 5.04. The number of hydrogen-bond donors (Lipinski definition) is 0. The van der Waals surface area contributed by atoms with Crippen LogP contribution in [0.1, 0.15) is 16.1 Å². The van der Waals surface area contributed by atoms with Crippen LogP contribution in [0.4, 0.5) is 0 Å². The highest BCUT2D eigenvalue weighted by Gasteiger charge is 2.26. The number of ether oxygens (including phenoxy) is 1. The molecule has 2 aromatic heterocycles. The molecule has 0 amide bonds. The number of fused-ring (bicyclic) bond motifs is 1. The molecular weight excluding hydrogens is 402 g/mol. The van der Waals surface area contributed by atoms with Crippen LogP contribution < -0.4 is 0 Å². The molecule has 3 heterocycles. The van der Waals surface area contributed by atoms with Gasteiger partial charge in [0.15, 0.2) is 11.9 Å². The molecule has 0 N–H and O–H groups in total. The van der Waals surface area contributed by atoms with Crippen molar-refractivity contribution in [3.63, 3.8) is 0 Å². The Labute approximate surface area is 167 Å². The predicted molar refractivity (Wildman–Crippen MR) is 105 cm³/mol. The van der Waals surface area contributed by atoms with Gasteiger partial charge in [-0.25, -0.2) is 17.4 Å². The fraction of sp³-hybridized carbons (Fsp3) is 0.263. The van der Waals surface area contributed by atoms with Crippen LogP contribution >= 0.6 is 11.6 Å². The average Bonchev–Trinajstić information content (AvgIpc) is 3.09. The summed E-state index contributed by atoms with van der Waals surface area (Å²) in [5.41, 5.74) is 0.974. The van der Waals surface area contributed by atoms with E-state index in [2.05, 4.69) is 9.88 Å². The second kappa shape index (κ2) is 7.63. The third kappa shape index (κ3) is 3.33. The summed E-state index contributed by atoms with van der Waals surface area (Å²) in [5.74, 6) is 0. The zero-order valence-electron chi connectivity index (χ0n) is 14.9. The summed E-state index contributed by atoms with van der Waals surface area (Å²) in [6, 6.07) is 9.89. The fourth-order valence-electron chi connectivity index (χ4n) is 3.31. The summed E-state index contributed by atoms with van der Waals surface area (Å²) in [5, 5.41) is 0.638. The number of carbonyl (C=O) groups excluding carboxylic acids is 1. The third-order valence-corrected chi connectivity index (χ3v) is 6.90. The van der Waals surface area contributed by atoms with Crippen molar-refractivity contribution in [2.24, 2.45) is 0 Å². The summed E-state index contributed by atoms with van der Waals surface area (Å²) in [6.45, 7) is 3.00. The molecule has 0 saturated carbocycles. The molecule has 1 fully saturated rings. The molecule has 1 aromatic carbocycles. The molecule has 0 bridgehead atoms. The van der Waals surface area contributed by atoms with Gasteiger partial charge >= 0.3 is 0 Å². The summed E-state index contributed by atoms with van der Waals surface area (Å²) >= 11 is 6.35. The van der Waals surface area contributed by atoms with Crippen LogP contribution in [0, 0.1) is 0 Å². The number of nitrogens with zero attached hydrogens (tertiary/aromatic N) is 3. The molecule has 0 radical (unpaired) electrons. The van der Waals surface area contributed by atoms with Gasteiger partial charge in [0.25, 0.3) is 10.0 Å². The molecule has 7 nitrogen and oxygen atoms in total. The van der Waals surface area contributed by atoms with E-state index in [9.17, 15) is 13.2 Å². The van der Waals surface area contributed by atoms with E-state index in [4.69, 9.17) is 16.3 Å². The summed E-state index contributed by atoms with van der Waals surface area (Å²) in [4.78, 5) is 17.7. The predicted octanol–water partition coefficient (Wildman–Crippen LogP) is 2.57. The van der Waals surface area contributed by atoms with Crippen LogP contribution in [0.25, 0.3) is 11.0 Å². The van der Waals surface area contributed by atoms with E-state index in [0.29, 0.717) is 50.2 Å². The van der Waals surface area contributed by atoms with E-state index in [-0.39, 0.29) is 21.1 Å². The number of aldehydes is 1. The zero-order chi connectivity index (χ0) is 19.7. The third-order valence-electron chi connectivity index (χ3n) is 4.72. The van der Waals surface area contributed by atoms with Crippen LogP contribution in [0.3, 0.4) is 0 Å². The Balaban J connectivity index is 1.92. The Hall–Kier alpha value is -2.26. The standard InChI is InChI=1S/C19H18ClN3O4S/c20-18-14(13-24)11-21-19-17(18)10-15(12-22-6-8-27-9-7-22)23(19)28(25,26)16-4-2-1-3-5-16/h1-5,10-11,13H,6-9,12H2. The number of aromatic nitrogens is 2. The second-order valence-electron chi connectivity index (χ2n) is 6.49. The quantitative estimate of drug-likeness (QED) is 0.591. The molecular formula is C19H18ClN3O4S. The summed E-state index contributed by atoms with van der Waals surface area (Å²) in [7, 11) is -3.89. The lowest BCUT2D eigenvalue weighted by Crippen LogP contribution is -2.36. The van der Waals surface area contributed by atoms with Gasteiger partial charge in [-0.2, -0.15) is 0 Å². The topological polar surface area (TPSA) is 81.5 Å². The van der Waals surface area contributed by atoms with Crippen molar-refractivity contribution in [3.05, 3.63) is 58.9 Å². The zero-order valence-corrected chi connectivity index (χ0v) is 16.5. The monoisotopic (exact) mass is 419 g/mol. The number of rotatable bonds is 5. The van der Waals surface area contributed by atoms with Gasteiger partial charge in [-0.3, -0.25) is 9.69 Å². The van der Waals surface area contributed by atoms with Crippen molar-refractivity contribution in [2.45, 2.75) is 11.4 Å². The van der Waals surface area contributed by atoms with E-state index in [1.807, 2.05) is 0 Å². The lowest BCUT2D eigenvalue weighted by molar-refractivity contribution is 0.0336. The number of benzene rings is 1. The average molecular weight is 420 g/mol. The molecule has 146 valence electrons. The van der Waals surface area contributed by atoms with Crippen LogP contribution in [0.5, 0.6) is 0 Å². The lowest BCUT2D eigenvalue weighted by atomic mass is 10.2. The first-order valence-corrected chi connectivity index (χ1v) is 10.6. The molecule has 1 saturated heterocycles. The van der Waals surface area contributed by atoms with Gasteiger partial charge in [0, 0.05) is 31.2 Å². The minimum Gasteiger partial charge on any atom is -0.379 e. The number of pyridine rings is 1. The highest BCUT2D eigenvalue weighted by Crippen LogP contribution is 2.31. The number of hydrogen-bond acceptors (Lipinski definition) is 6. The van der Waals surface area contributed by atoms with Crippen molar-refractivity contribution >= 4 is 38.9 Å². The maximum Gasteiger partial charge on any atom is 0.269 e. The van der Waals surface area contributed by atoms with Crippen LogP contribution in [0.2, 0.25) is 5.02 Å². The molecule has 4 rings (SSSR count). The van der Waals surface area contributed by atoms with Gasteiger partial charge in [-0.1, -0.05) is 29.8 Å².